The molecule has 1 saturated heterocycles. The molecule has 4 nitrogen and oxygen atoms in total. The number of carbonyl (C=O) groups excluding carboxylic acids is 2. The molecular formula is C18H23NO3S. The molecule has 4 rings (SSSR count). The van der Waals surface area contributed by atoms with E-state index < -0.39 is 6.04 Å². The minimum absolute atomic E-state index is 0.0502. The van der Waals surface area contributed by atoms with E-state index in [1.54, 1.807) is 11.3 Å². The van der Waals surface area contributed by atoms with E-state index in [1.165, 1.54) is 30.4 Å². The first-order valence-corrected chi connectivity index (χ1v) is 9.52. The first-order chi connectivity index (χ1) is 11.2. The van der Waals surface area contributed by atoms with Gasteiger partial charge in [0.15, 0.2) is 0 Å². The molecule has 1 aliphatic heterocycles. The molecule has 0 N–H and O–H groups in total. The molecule has 23 heavy (non-hydrogen) atoms. The van der Waals surface area contributed by atoms with Crippen molar-refractivity contribution >= 4 is 23.2 Å². The van der Waals surface area contributed by atoms with Gasteiger partial charge in [-0.15, -0.1) is 11.3 Å². The SMILES string of the molecule is COC(=O)[C@@H]1C[C@@H]2CCCC[C@@H]2N1C(=O)c1cc2c(s1)CCC2. The summed E-state index contributed by atoms with van der Waals surface area (Å²) in [5.74, 6) is 0.259. The van der Waals surface area contributed by atoms with Gasteiger partial charge in [-0.2, -0.15) is 0 Å². The molecule has 0 spiro atoms. The van der Waals surface area contributed by atoms with E-state index in [9.17, 15) is 9.59 Å². The second-order valence-electron chi connectivity index (χ2n) is 7.01. The monoisotopic (exact) mass is 333 g/mol. The van der Waals surface area contributed by atoms with Crippen molar-refractivity contribution in [1.29, 1.82) is 0 Å². The maximum atomic E-state index is 13.2. The summed E-state index contributed by atoms with van der Waals surface area (Å²) >= 11 is 1.63. The van der Waals surface area contributed by atoms with Crippen LogP contribution in [0.25, 0.3) is 0 Å². The maximum Gasteiger partial charge on any atom is 0.328 e. The number of carbonyl (C=O) groups is 2. The summed E-state index contributed by atoms with van der Waals surface area (Å²) in [4.78, 5) is 29.4. The van der Waals surface area contributed by atoms with Crippen molar-refractivity contribution in [3.05, 3.63) is 21.4 Å². The molecule has 0 bridgehead atoms. The molecule has 1 saturated carbocycles. The molecule has 124 valence electrons. The summed E-state index contributed by atoms with van der Waals surface area (Å²) in [6.07, 6.45) is 8.68. The Hall–Kier alpha value is -1.36. The minimum Gasteiger partial charge on any atom is -0.467 e. The van der Waals surface area contributed by atoms with E-state index in [0.29, 0.717) is 5.92 Å². The van der Waals surface area contributed by atoms with Crippen LogP contribution in [0.1, 0.15) is 58.6 Å². The van der Waals surface area contributed by atoms with E-state index in [0.717, 1.165) is 43.4 Å². The molecule has 2 heterocycles. The Labute approximate surface area is 140 Å². The zero-order chi connectivity index (χ0) is 16.0. The Morgan fingerprint density at radius 2 is 2.04 bits per heavy atom. The Morgan fingerprint density at radius 3 is 2.83 bits per heavy atom. The van der Waals surface area contributed by atoms with Crippen molar-refractivity contribution in [2.75, 3.05) is 7.11 Å². The third kappa shape index (κ3) is 2.49. The van der Waals surface area contributed by atoms with Crippen molar-refractivity contribution in [1.82, 2.24) is 4.90 Å². The van der Waals surface area contributed by atoms with Crippen LogP contribution < -0.4 is 0 Å². The highest BCUT2D eigenvalue weighted by atomic mass is 32.1. The zero-order valence-corrected chi connectivity index (χ0v) is 14.4. The third-order valence-electron chi connectivity index (χ3n) is 5.75. The number of esters is 1. The van der Waals surface area contributed by atoms with Gasteiger partial charge in [-0.1, -0.05) is 12.8 Å². The maximum absolute atomic E-state index is 13.2. The standard InChI is InChI=1S/C18H23NO3S/c1-22-18(21)14-9-11-5-2-3-7-13(11)19(14)17(20)16-10-12-6-4-8-15(12)23-16/h10-11,13-14H,2-9H2,1H3/t11-,13-,14-/m0/s1. The summed E-state index contributed by atoms with van der Waals surface area (Å²) in [7, 11) is 1.42. The van der Waals surface area contributed by atoms with E-state index in [4.69, 9.17) is 4.74 Å². The number of nitrogens with zero attached hydrogens (tertiary/aromatic N) is 1. The van der Waals surface area contributed by atoms with E-state index in [2.05, 4.69) is 6.07 Å². The van der Waals surface area contributed by atoms with Crippen LogP contribution in [0.15, 0.2) is 6.07 Å². The average molecular weight is 333 g/mol. The van der Waals surface area contributed by atoms with Crippen LogP contribution in [-0.4, -0.2) is 36.0 Å². The highest BCUT2D eigenvalue weighted by Gasteiger charge is 2.48. The van der Waals surface area contributed by atoms with Gasteiger partial charge in [0, 0.05) is 10.9 Å². The molecule has 0 unspecified atom stereocenters. The van der Waals surface area contributed by atoms with Gasteiger partial charge < -0.3 is 9.64 Å². The number of rotatable bonds is 2. The van der Waals surface area contributed by atoms with E-state index in [-0.39, 0.29) is 17.9 Å². The molecule has 1 amide bonds. The predicted octanol–water partition coefficient (Wildman–Crippen LogP) is 3.18. The fourth-order valence-corrected chi connectivity index (χ4v) is 5.86. The van der Waals surface area contributed by atoms with Crippen molar-refractivity contribution < 1.29 is 14.3 Å². The van der Waals surface area contributed by atoms with Crippen molar-refractivity contribution in [2.45, 2.75) is 63.5 Å². The van der Waals surface area contributed by atoms with Crippen molar-refractivity contribution in [2.24, 2.45) is 5.92 Å². The highest BCUT2D eigenvalue weighted by molar-refractivity contribution is 7.14. The molecule has 0 aromatic carbocycles. The Bertz CT molecular complexity index is 617. The van der Waals surface area contributed by atoms with E-state index >= 15 is 0 Å². The first-order valence-electron chi connectivity index (χ1n) is 8.71. The summed E-state index contributed by atoms with van der Waals surface area (Å²) in [6.45, 7) is 0. The Kier molecular flexibility index (Phi) is 3.92. The largest absolute Gasteiger partial charge is 0.467 e. The molecule has 5 heteroatoms. The lowest BCUT2D eigenvalue weighted by molar-refractivity contribution is -0.145. The van der Waals surface area contributed by atoms with Crippen LogP contribution >= 0.6 is 11.3 Å². The molecule has 2 fully saturated rings. The highest BCUT2D eigenvalue weighted by Crippen LogP contribution is 2.42. The minimum atomic E-state index is -0.391. The Balaban J connectivity index is 1.64. The number of hydrogen-bond acceptors (Lipinski definition) is 4. The van der Waals surface area contributed by atoms with Crippen LogP contribution in [0, 0.1) is 5.92 Å². The number of hydrogen-bond donors (Lipinski definition) is 0. The lowest BCUT2D eigenvalue weighted by atomic mass is 9.84. The molecule has 3 aliphatic rings. The normalized spacial score (nSPS) is 29.3. The van der Waals surface area contributed by atoms with Crippen LogP contribution in [0.4, 0.5) is 0 Å². The third-order valence-corrected chi connectivity index (χ3v) is 6.98. The second-order valence-corrected chi connectivity index (χ2v) is 8.15. The number of ether oxygens (including phenoxy) is 1. The average Bonchev–Trinajstić information content (AvgIpc) is 3.25. The number of thiophene rings is 1. The molecule has 2 aliphatic carbocycles. The second kappa shape index (κ2) is 5.93. The van der Waals surface area contributed by atoms with Gasteiger partial charge in [-0.25, -0.2) is 4.79 Å². The number of fused-ring (bicyclic) bond motifs is 2. The summed E-state index contributed by atoms with van der Waals surface area (Å²) in [6, 6.07) is 1.90. The van der Waals surface area contributed by atoms with Gasteiger partial charge in [-0.3, -0.25) is 4.79 Å². The van der Waals surface area contributed by atoms with Crippen molar-refractivity contribution in [3.63, 3.8) is 0 Å². The Morgan fingerprint density at radius 1 is 1.22 bits per heavy atom. The number of methoxy groups -OCH3 is 1. The molecule has 1 aromatic heterocycles. The smallest absolute Gasteiger partial charge is 0.328 e. The first kappa shape index (κ1) is 15.2. The van der Waals surface area contributed by atoms with Gasteiger partial charge >= 0.3 is 5.97 Å². The summed E-state index contributed by atoms with van der Waals surface area (Å²) in [5.41, 5.74) is 1.34. The fraction of sp³-hybridized carbons (Fsp3) is 0.667. The van der Waals surface area contributed by atoms with E-state index in [1.807, 2.05) is 4.90 Å². The molecule has 1 aromatic rings. The molecular weight excluding hydrogens is 310 g/mol. The number of aryl methyl sites for hydroxylation is 2. The van der Waals surface area contributed by atoms with Crippen LogP contribution in [0.2, 0.25) is 0 Å². The lowest BCUT2D eigenvalue weighted by Crippen LogP contribution is -2.46. The van der Waals surface area contributed by atoms with Gasteiger partial charge in [-0.05, 0) is 56.1 Å². The van der Waals surface area contributed by atoms with Crippen LogP contribution in [-0.2, 0) is 22.4 Å². The lowest BCUT2D eigenvalue weighted by Gasteiger charge is -2.33. The molecule has 3 atom stereocenters. The van der Waals surface area contributed by atoms with Gasteiger partial charge in [0.1, 0.15) is 6.04 Å². The number of likely N-dealkylation sites (tertiary alicyclic amines) is 1. The summed E-state index contributed by atoms with van der Waals surface area (Å²) in [5, 5.41) is 0. The summed E-state index contributed by atoms with van der Waals surface area (Å²) < 4.78 is 4.99. The number of amides is 1. The van der Waals surface area contributed by atoms with Crippen molar-refractivity contribution in [3.8, 4) is 0 Å². The quantitative estimate of drug-likeness (QED) is 0.781. The van der Waals surface area contributed by atoms with Crippen LogP contribution in [0.5, 0.6) is 0 Å². The predicted molar refractivity (Wildman–Crippen MR) is 88.7 cm³/mol. The zero-order valence-electron chi connectivity index (χ0n) is 13.5. The van der Waals surface area contributed by atoms with Crippen LogP contribution in [0.3, 0.4) is 0 Å². The van der Waals surface area contributed by atoms with Gasteiger partial charge in [0.25, 0.3) is 5.91 Å². The van der Waals surface area contributed by atoms with Gasteiger partial charge in [0.2, 0.25) is 0 Å². The van der Waals surface area contributed by atoms with Gasteiger partial charge in [0.05, 0.1) is 12.0 Å². The molecule has 0 radical (unpaired) electrons. The topological polar surface area (TPSA) is 46.6 Å². The fourth-order valence-electron chi connectivity index (χ4n) is 4.66.